The van der Waals surface area contributed by atoms with Crippen molar-refractivity contribution in [3.8, 4) is 23.5 Å². The van der Waals surface area contributed by atoms with Crippen molar-refractivity contribution in [1.29, 1.82) is 10.5 Å². The van der Waals surface area contributed by atoms with Gasteiger partial charge < -0.3 is 9.13 Å². The maximum atomic E-state index is 9.65. The van der Waals surface area contributed by atoms with Crippen LogP contribution in [-0.4, -0.2) is 9.13 Å². The summed E-state index contributed by atoms with van der Waals surface area (Å²) < 4.78 is 7.12. The van der Waals surface area contributed by atoms with Gasteiger partial charge in [-0.15, -0.1) is 11.3 Å². The summed E-state index contributed by atoms with van der Waals surface area (Å²) in [6.45, 7) is 0. The first-order chi connectivity index (χ1) is 21.2. The van der Waals surface area contributed by atoms with Crippen LogP contribution in [0.5, 0.6) is 0 Å². The van der Waals surface area contributed by atoms with Crippen LogP contribution in [0.25, 0.3) is 75.2 Å². The van der Waals surface area contributed by atoms with Gasteiger partial charge in [-0.25, -0.2) is 0 Å². The quantitative estimate of drug-likeness (QED) is 0.210. The molecule has 0 N–H and O–H groups in total. The smallest absolute Gasteiger partial charge is 0.0991 e. The van der Waals surface area contributed by atoms with Gasteiger partial charge in [-0.1, -0.05) is 54.6 Å². The molecule has 0 spiro atoms. The molecule has 0 aliphatic carbocycles. The van der Waals surface area contributed by atoms with Gasteiger partial charge in [-0.2, -0.15) is 10.5 Å². The highest BCUT2D eigenvalue weighted by Crippen LogP contribution is 2.44. The van der Waals surface area contributed by atoms with Crippen molar-refractivity contribution in [2.45, 2.75) is 0 Å². The fourth-order valence-corrected chi connectivity index (χ4v) is 8.01. The van der Waals surface area contributed by atoms with E-state index in [2.05, 4.69) is 106 Å². The van der Waals surface area contributed by atoms with E-state index in [1.165, 1.54) is 47.7 Å². The zero-order chi connectivity index (χ0) is 28.7. The topological polar surface area (TPSA) is 57.4 Å². The molecule has 0 saturated heterocycles. The van der Waals surface area contributed by atoms with Crippen molar-refractivity contribution in [1.82, 2.24) is 9.13 Å². The van der Waals surface area contributed by atoms with Crippen LogP contribution in [0.1, 0.15) is 11.1 Å². The third kappa shape index (κ3) is 3.23. The van der Waals surface area contributed by atoms with Crippen LogP contribution < -0.4 is 0 Å². The molecule has 6 aromatic carbocycles. The molecular weight excluding hydrogens is 545 g/mol. The number of rotatable bonds is 2. The Bertz CT molecular complexity index is 2580. The Morgan fingerprint density at radius 2 is 0.977 bits per heavy atom. The van der Waals surface area contributed by atoms with E-state index in [0.717, 1.165) is 27.5 Å². The molecule has 5 heteroatoms. The fraction of sp³-hybridized carbons (Fsp3) is 0. The lowest BCUT2D eigenvalue weighted by Crippen LogP contribution is -1.95. The Balaban J connectivity index is 1.40. The molecule has 4 nitrogen and oxygen atoms in total. The highest BCUT2D eigenvalue weighted by atomic mass is 32.1. The van der Waals surface area contributed by atoms with Crippen LogP contribution in [-0.2, 0) is 0 Å². The van der Waals surface area contributed by atoms with Gasteiger partial charge in [-0.3, -0.25) is 0 Å². The molecule has 0 unspecified atom stereocenters. The standard InChI is InChI=1S/C38H20N4S/c39-21-23-15-17-32-28(19-23)29-20-24(22-40)16-18-33(29)41(32)34-12-6-14-36-37(34)27-9-5-13-35(38(27)43-36)42-30-10-3-1-7-25(30)26-8-2-4-11-31(26)42/h1-20H. The number of hydrogen-bond donors (Lipinski definition) is 0. The summed E-state index contributed by atoms with van der Waals surface area (Å²) in [5, 5.41) is 26.1. The van der Waals surface area contributed by atoms with Crippen LogP contribution in [0, 0.1) is 22.7 Å². The van der Waals surface area contributed by atoms with Crippen LogP contribution in [0.3, 0.4) is 0 Å². The number of thiophene rings is 1. The number of benzene rings is 6. The van der Waals surface area contributed by atoms with E-state index in [4.69, 9.17) is 0 Å². The molecular formula is C38H20N4S. The van der Waals surface area contributed by atoms with E-state index in [0.29, 0.717) is 11.1 Å². The summed E-state index contributed by atoms with van der Waals surface area (Å²) in [5.41, 5.74) is 7.85. The van der Waals surface area contributed by atoms with Gasteiger partial charge in [0.2, 0.25) is 0 Å². The van der Waals surface area contributed by atoms with Crippen LogP contribution >= 0.6 is 11.3 Å². The molecule has 198 valence electrons. The molecule has 0 bridgehead atoms. The fourth-order valence-electron chi connectivity index (χ4n) is 6.78. The summed E-state index contributed by atoms with van der Waals surface area (Å²) in [7, 11) is 0. The number of para-hydroxylation sites is 2. The normalized spacial score (nSPS) is 11.7. The van der Waals surface area contributed by atoms with E-state index in [9.17, 15) is 10.5 Å². The molecule has 0 saturated carbocycles. The second kappa shape index (κ2) is 8.81. The van der Waals surface area contributed by atoms with Gasteiger partial charge in [0.05, 0.1) is 61.4 Å². The van der Waals surface area contributed by atoms with Crippen molar-refractivity contribution in [2.75, 3.05) is 0 Å². The second-order valence-corrected chi connectivity index (χ2v) is 11.9. The predicted molar refractivity (Wildman–Crippen MR) is 177 cm³/mol. The largest absolute Gasteiger partial charge is 0.309 e. The molecule has 0 aliphatic heterocycles. The van der Waals surface area contributed by atoms with Crippen molar-refractivity contribution < 1.29 is 0 Å². The van der Waals surface area contributed by atoms with Gasteiger partial charge in [0.25, 0.3) is 0 Å². The van der Waals surface area contributed by atoms with E-state index in [-0.39, 0.29) is 0 Å². The van der Waals surface area contributed by atoms with Crippen LogP contribution in [0.2, 0.25) is 0 Å². The third-order valence-electron chi connectivity index (χ3n) is 8.57. The average Bonchev–Trinajstić information content (AvgIpc) is 3.72. The highest BCUT2D eigenvalue weighted by molar-refractivity contribution is 7.26. The minimum atomic E-state index is 0.601. The Kier molecular flexibility index (Phi) is 4.87. The first-order valence-corrected chi connectivity index (χ1v) is 14.9. The molecule has 0 amide bonds. The van der Waals surface area contributed by atoms with Crippen molar-refractivity contribution in [3.05, 3.63) is 132 Å². The van der Waals surface area contributed by atoms with E-state index < -0.39 is 0 Å². The molecule has 3 heterocycles. The summed E-state index contributed by atoms with van der Waals surface area (Å²) in [6, 6.07) is 46.6. The summed E-state index contributed by atoms with van der Waals surface area (Å²) >= 11 is 1.82. The van der Waals surface area contributed by atoms with Crippen LogP contribution in [0.4, 0.5) is 0 Å². The van der Waals surface area contributed by atoms with Crippen molar-refractivity contribution >= 4 is 75.1 Å². The monoisotopic (exact) mass is 564 g/mol. The second-order valence-electron chi connectivity index (χ2n) is 10.8. The number of hydrogen-bond acceptors (Lipinski definition) is 3. The lowest BCUT2D eigenvalue weighted by molar-refractivity contribution is 1.20. The number of aromatic nitrogens is 2. The lowest BCUT2D eigenvalue weighted by Gasteiger charge is -2.11. The van der Waals surface area contributed by atoms with Gasteiger partial charge in [0, 0.05) is 37.0 Å². The number of fused-ring (bicyclic) bond motifs is 9. The SMILES string of the molecule is N#Cc1ccc2c(c1)c1cc(C#N)ccc1n2-c1cccc2sc3c(-n4c5ccccc5c5ccccc54)cccc3c12. The van der Waals surface area contributed by atoms with E-state index in [1.807, 2.05) is 47.7 Å². The average molecular weight is 565 g/mol. The van der Waals surface area contributed by atoms with Crippen LogP contribution in [0.15, 0.2) is 121 Å². The van der Waals surface area contributed by atoms with Gasteiger partial charge in [0.1, 0.15) is 0 Å². The molecule has 3 aromatic heterocycles. The van der Waals surface area contributed by atoms with E-state index >= 15 is 0 Å². The predicted octanol–water partition coefficient (Wildman–Crippen LogP) is 9.99. The van der Waals surface area contributed by atoms with Crippen molar-refractivity contribution in [2.24, 2.45) is 0 Å². The number of nitriles is 2. The molecule has 0 fully saturated rings. The molecule has 0 radical (unpaired) electrons. The lowest BCUT2D eigenvalue weighted by atomic mass is 10.1. The highest BCUT2D eigenvalue weighted by Gasteiger charge is 2.20. The Labute approximate surface area is 250 Å². The zero-order valence-electron chi connectivity index (χ0n) is 22.7. The summed E-state index contributed by atoms with van der Waals surface area (Å²) in [6.07, 6.45) is 0. The minimum absolute atomic E-state index is 0.601. The Morgan fingerprint density at radius 1 is 0.465 bits per heavy atom. The molecule has 0 aliphatic rings. The Morgan fingerprint density at radius 3 is 1.60 bits per heavy atom. The summed E-state index contributed by atoms with van der Waals surface area (Å²) in [4.78, 5) is 0. The molecule has 43 heavy (non-hydrogen) atoms. The maximum absolute atomic E-state index is 9.65. The molecule has 9 aromatic rings. The minimum Gasteiger partial charge on any atom is -0.309 e. The summed E-state index contributed by atoms with van der Waals surface area (Å²) in [5.74, 6) is 0. The first-order valence-electron chi connectivity index (χ1n) is 14.1. The maximum Gasteiger partial charge on any atom is 0.0991 e. The molecule has 9 rings (SSSR count). The van der Waals surface area contributed by atoms with E-state index in [1.54, 1.807) is 0 Å². The number of nitrogens with zero attached hydrogens (tertiary/aromatic N) is 4. The third-order valence-corrected chi connectivity index (χ3v) is 9.76. The zero-order valence-corrected chi connectivity index (χ0v) is 23.6. The van der Waals surface area contributed by atoms with Gasteiger partial charge in [0.15, 0.2) is 0 Å². The Hall–Kier alpha value is -5.88. The van der Waals surface area contributed by atoms with Crippen molar-refractivity contribution in [3.63, 3.8) is 0 Å². The first kappa shape index (κ1) is 23.8. The molecule has 0 atom stereocenters. The van der Waals surface area contributed by atoms with Gasteiger partial charge >= 0.3 is 0 Å². The van der Waals surface area contributed by atoms with Gasteiger partial charge in [-0.05, 0) is 66.7 Å².